The van der Waals surface area contributed by atoms with Crippen LogP contribution >= 0.6 is 11.6 Å². The lowest BCUT2D eigenvalue weighted by molar-refractivity contribution is 0.612. The van der Waals surface area contributed by atoms with Crippen LogP contribution in [-0.4, -0.2) is 17.0 Å². The first kappa shape index (κ1) is 15.7. The molecule has 1 aromatic carbocycles. The summed E-state index contributed by atoms with van der Waals surface area (Å²) < 4.78 is 13.9. The van der Waals surface area contributed by atoms with Crippen molar-refractivity contribution in [1.82, 2.24) is 9.97 Å². The lowest BCUT2D eigenvalue weighted by Gasteiger charge is -2.16. The van der Waals surface area contributed by atoms with E-state index in [0.29, 0.717) is 22.3 Å². The van der Waals surface area contributed by atoms with Crippen molar-refractivity contribution in [3.8, 4) is 0 Å². The van der Waals surface area contributed by atoms with Crippen molar-refractivity contribution in [2.45, 2.75) is 33.1 Å². The van der Waals surface area contributed by atoms with Crippen LogP contribution in [0.3, 0.4) is 0 Å². The standard InChI is InChI=1S/C16H19ClFN3/c1-9(2)15-10(3)20-14(21-16(15)19-4)8-11-12(17)6-5-7-13(11)18/h5-7,9H,8H2,1-4H3,(H,19,20,21). The molecule has 1 aromatic heterocycles. The molecule has 0 spiro atoms. The third kappa shape index (κ3) is 3.32. The van der Waals surface area contributed by atoms with E-state index in [4.69, 9.17) is 11.6 Å². The largest absolute Gasteiger partial charge is 0.373 e. The third-order valence-electron chi connectivity index (χ3n) is 3.39. The van der Waals surface area contributed by atoms with Crippen molar-refractivity contribution < 1.29 is 4.39 Å². The molecule has 0 atom stereocenters. The molecule has 2 aromatic rings. The van der Waals surface area contributed by atoms with E-state index < -0.39 is 0 Å². The predicted molar refractivity (Wildman–Crippen MR) is 84.6 cm³/mol. The lowest BCUT2D eigenvalue weighted by Crippen LogP contribution is -2.10. The summed E-state index contributed by atoms with van der Waals surface area (Å²) in [6.45, 7) is 6.14. The molecule has 5 heteroatoms. The molecule has 0 fully saturated rings. The van der Waals surface area contributed by atoms with E-state index in [1.54, 1.807) is 12.1 Å². The minimum absolute atomic E-state index is 0.277. The van der Waals surface area contributed by atoms with Gasteiger partial charge in [0, 0.05) is 35.3 Å². The molecule has 3 nitrogen and oxygen atoms in total. The monoisotopic (exact) mass is 307 g/mol. The number of anilines is 1. The van der Waals surface area contributed by atoms with Gasteiger partial charge in [-0.1, -0.05) is 31.5 Å². The Bertz CT molecular complexity index is 636. The number of aryl methyl sites for hydroxylation is 1. The predicted octanol–water partition coefficient (Wildman–Crippen LogP) is 4.33. The van der Waals surface area contributed by atoms with Gasteiger partial charge in [0.25, 0.3) is 0 Å². The number of aromatic nitrogens is 2. The molecule has 112 valence electrons. The maximum atomic E-state index is 13.9. The van der Waals surface area contributed by atoms with E-state index in [1.807, 2.05) is 14.0 Å². The molecule has 0 amide bonds. The molecule has 0 unspecified atom stereocenters. The summed E-state index contributed by atoms with van der Waals surface area (Å²) in [5.74, 6) is 1.34. The van der Waals surface area contributed by atoms with Crippen molar-refractivity contribution in [1.29, 1.82) is 0 Å². The minimum atomic E-state index is -0.331. The van der Waals surface area contributed by atoms with Gasteiger partial charge in [-0.2, -0.15) is 0 Å². The summed E-state index contributed by atoms with van der Waals surface area (Å²) in [6, 6.07) is 4.66. The maximum absolute atomic E-state index is 13.9. The molecule has 0 bridgehead atoms. The second-order valence-corrected chi connectivity index (χ2v) is 5.68. The molecule has 1 heterocycles. The van der Waals surface area contributed by atoms with Gasteiger partial charge in [0.05, 0.1) is 0 Å². The van der Waals surface area contributed by atoms with Gasteiger partial charge in [-0.25, -0.2) is 14.4 Å². The zero-order chi connectivity index (χ0) is 15.6. The van der Waals surface area contributed by atoms with Crippen molar-refractivity contribution in [2.24, 2.45) is 0 Å². The van der Waals surface area contributed by atoms with Gasteiger partial charge < -0.3 is 5.32 Å². The topological polar surface area (TPSA) is 37.8 Å². The SMILES string of the molecule is CNc1nc(Cc2c(F)cccc2Cl)nc(C)c1C(C)C. The van der Waals surface area contributed by atoms with Crippen molar-refractivity contribution in [2.75, 3.05) is 12.4 Å². The van der Waals surface area contributed by atoms with Crippen LogP contribution < -0.4 is 5.32 Å². The summed E-state index contributed by atoms with van der Waals surface area (Å²) in [7, 11) is 1.83. The van der Waals surface area contributed by atoms with Crippen LogP contribution in [0.15, 0.2) is 18.2 Å². The number of halogens is 2. The van der Waals surface area contributed by atoms with Crippen molar-refractivity contribution >= 4 is 17.4 Å². The molecule has 2 rings (SSSR count). The van der Waals surface area contributed by atoms with Crippen molar-refractivity contribution in [3.05, 3.63) is 51.7 Å². The average molecular weight is 308 g/mol. The Balaban J connectivity index is 2.44. The zero-order valence-electron chi connectivity index (χ0n) is 12.7. The smallest absolute Gasteiger partial charge is 0.135 e. The lowest BCUT2D eigenvalue weighted by atomic mass is 10.0. The second-order valence-electron chi connectivity index (χ2n) is 5.27. The van der Waals surface area contributed by atoms with Gasteiger partial charge >= 0.3 is 0 Å². The Morgan fingerprint density at radius 3 is 2.57 bits per heavy atom. The summed E-state index contributed by atoms with van der Waals surface area (Å²) in [4.78, 5) is 9.01. The van der Waals surface area contributed by atoms with Crippen LogP contribution in [0.1, 0.15) is 42.4 Å². The Labute approximate surface area is 129 Å². The van der Waals surface area contributed by atoms with Gasteiger partial charge in [0.2, 0.25) is 0 Å². The molecular weight excluding hydrogens is 289 g/mol. The van der Waals surface area contributed by atoms with E-state index in [0.717, 1.165) is 17.1 Å². The number of hydrogen-bond donors (Lipinski definition) is 1. The number of benzene rings is 1. The molecule has 21 heavy (non-hydrogen) atoms. The summed E-state index contributed by atoms with van der Waals surface area (Å²) in [5.41, 5.74) is 2.42. The Hall–Kier alpha value is -1.68. The van der Waals surface area contributed by atoms with E-state index >= 15 is 0 Å². The van der Waals surface area contributed by atoms with Gasteiger partial charge in [-0.15, -0.1) is 0 Å². The summed E-state index contributed by atoms with van der Waals surface area (Å²) in [6.07, 6.45) is 0.277. The van der Waals surface area contributed by atoms with E-state index in [2.05, 4.69) is 29.1 Å². The first-order valence-corrected chi connectivity index (χ1v) is 7.29. The fourth-order valence-corrected chi connectivity index (χ4v) is 2.69. The first-order chi connectivity index (χ1) is 9.93. The highest BCUT2D eigenvalue weighted by Gasteiger charge is 2.16. The zero-order valence-corrected chi connectivity index (χ0v) is 13.4. The van der Waals surface area contributed by atoms with Crippen LogP contribution in [0.5, 0.6) is 0 Å². The second kappa shape index (κ2) is 6.39. The van der Waals surface area contributed by atoms with E-state index in [9.17, 15) is 4.39 Å². The highest BCUT2D eigenvalue weighted by Crippen LogP contribution is 2.27. The van der Waals surface area contributed by atoms with Crippen LogP contribution in [0.25, 0.3) is 0 Å². The van der Waals surface area contributed by atoms with Crippen LogP contribution in [0, 0.1) is 12.7 Å². The summed E-state index contributed by atoms with van der Waals surface area (Å²) >= 11 is 6.06. The number of nitrogens with one attached hydrogen (secondary N) is 1. The maximum Gasteiger partial charge on any atom is 0.135 e. The highest BCUT2D eigenvalue weighted by molar-refractivity contribution is 6.31. The van der Waals surface area contributed by atoms with Crippen LogP contribution in [0.4, 0.5) is 10.2 Å². The molecule has 0 aliphatic heterocycles. The van der Waals surface area contributed by atoms with Gasteiger partial charge in [-0.05, 0) is 25.0 Å². The minimum Gasteiger partial charge on any atom is -0.373 e. The number of nitrogens with zero attached hydrogens (tertiary/aromatic N) is 2. The van der Waals surface area contributed by atoms with Crippen LogP contribution in [0.2, 0.25) is 5.02 Å². The van der Waals surface area contributed by atoms with Gasteiger partial charge in [0.1, 0.15) is 17.5 Å². The molecule has 0 aliphatic rings. The summed E-state index contributed by atoms with van der Waals surface area (Å²) in [5, 5.41) is 3.49. The normalized spacial score (nSPS) is 11.0. The first-order valence-electron chi connectivity index (χ1n) is 6.92. The third-order valence-corrected chi connectivity index (χ3v) is 3.75. The Kier molecular flexibility index (Phi) is 4.78. The number of rotatable bonds is 4. The fraction of sp³-hybridized carbons (Fsp3) is 0.375. The number of hydrogen-bond acceptors (Lipinski definition) is 3. The van der Waals surface area contributed by atoms with Gasteiger partial charge in [0.15, 0.2) is 0 Å². The van der Waals surface area contributed by atoms with E-state index in [1.165, 1.54) is 6.07 Å². The Morgan fingerprint density at radius 1 is 1.29 bits per heavy atom. The molecule has 0 radical (unpaired) electrons. The molecule has 0 saturated heterocycles. The quantitative estimate of drug-likeness (QED) is 0.913. The average Bonchev–Trinajstić information content (AvgIpc) is 2.41. The molecule has 1 N–H and O–H groups in total. The molecule has 0 saturated carbocycles. The molecule has 0 aliphatic carbocycles. The Morgan fingerprint density at radius 2 is 2.00 bits per heavy atom. The molecular formula is C16H19ClFN3. The fourth-order valence-electron chi connectivity index (χ4n) is 2.46. The van der Waals surface area contributed by atoms with Crippen molar-refractivity contribution in [3.63, 3.8) is 0 Å². The van der Waals surface area contributed by atoms with Crippen LogP contribution in [-0.2, 0) is 6.42 Å². The van der Waals surface area contributed by atoms with Gasteiger partial charge in [-0.3, -0.25) is 0 Å². The van der Waals surface area contributed by atoms with E-state index in [-0.39, 0.29) is 12.2 Å². The highest BCUT2D eigenvalue weighted by atomic mass is 35.5.